The Hall–Kier alpha value is -1.10. The van der Waals surface area contributed by atoms with E-state index in [4.69, 9.17) is 5.11 Å². The molecule has 0 radical (unpaired) electrons. The summed E-state index contributed by atoms with van der Waals surface area (Å²) in [5.41, 5.74) is 0. The largest absolute Gasteiger partial charge is 0.465 e. The number of carbonyl (C=O) groups is 1. The molecular formula is C5H6N2O2S. The molecule has 5 heteroatoms. The summed E-state index contributed by atoms with van der Waals surface area (Å²) in [6.07, 6.45) is 0.578. The molecule has 1 aromatic heterocycles. The maximum atomic E-state index is 10.3. The van der Waals surface area contributed by atoms with Crippen molar-refractivity contribution in [3.8, 4) is 0 Å². The van der Waals surface area contributed by atoms with Gasteiger partial charge in [-0.05, 0) is 0 Å². The second-order valence-electron chi connectivity index (χ2n) is 1.66. The van der Waals surface area contributed by atoms with Crippen LogP contribution in [0.25, 0.3) is 0 Å². The molecular weight excluding hydrogens is 152 g/mol. The van der Waals surface area contributed by atoms with Crippen LogP contribution in [0.2, 0.25) is 0 Å². The van der Waals surface area contributed by atoms with Crippen molar-refractivity contribution in [3.63, 3.8) is 0 Å². The van der Waals surface area contributed by atoms with Crippen LogP contribution in [0.5, 0.6) is 0 Å². The van der Waals surface area contributed by atoms with Gasteiger partial charge in [0.2, 0.25) is 0 Å². The van der Waals surface area contributed by atoms with Gasteiger partial charge in [-0.25, -0.2) is 9.78 Å². The molecule has 0 unspecified atom stereocenters. The van der Waals surface area contributed by atoms with E-state index in [1.54, 1.807) is 11.6 Å². The van der Waals surface area contributed by atoms with E-state index in [0.29, 0.717) is 5.13 Å². The molecule has 0 aliphatic carbocycles. The van der Waals surface area contributed by atoms with Gasteiger partial charge in [-0.15, -0.1) is 11.3 Å². The molecule has 10 heavy (non-hydrogen) atoms. The van der Waals surface area contributed by atoms with E-state index in [1.807, 2.05) is 0 Å². The molecule has 1 N–H and O–H groups in total. The minimum Gasteiger partial charge on any atom is -0.465 e. The number of carboxylic acid groups (broad SMARTS) is 1. The third kappa shape index (κ3) is 1.24. The number of nitrogens with zero attached hydrogens (tertiary/aromatic N) is 2. The van der Waals surface area contributed by atoms with Gasteiger partial charge in [0, 0.05) is 18.6 Å². The SMILES string of the molecule is CN(C(=O)O)c1nccs1. The highest BCUT2D eigenvalue weighted by Crippen LogP contribution is 2.14. The highest BCUT2D eigenvalue weighted by Gasteiger charge is 2.08. The zero-order valence-corrected chi connectivity index (χ0v) is 6.13. The Morgan fingerprint density at radius 2 is 2.60 bits per heavy atom. The number of hydrogen-bond donors (Lipinski definition) is 1. The Balaban J connectivity index is 2.77. The molecule has 1 aromatic rings. The summed E-state index contributed by atoms with van der Waals surface area (Å²) in [5, 5.41) is 10.7. The standard InChI is InChI=1S/C5H6N2O2S/c1-7(5(8)9)4-6-2-3-10-4/h2-3H,1H3,(H,8,9). The summed E-state index contributed by atoms with van der Waals surface area (Å²) >= 11 is 1.29. The topological polar surface area (TPSA) is 53.4 Å². The van der Waals surface area contributed by atoms with Crippen LogP contribution in [0, 0.1) is 0 Å². The van der Waals surface area contributed by atoms with Crippen LogP contribution >= 0.6 is 11.3 Å². The summed E-state index contributed by atoms with van der Waals surface area (Å²) in [6, 6.07) is 0. The van der Waals surface area contributed by atoms with Crippen molar-refractivity contribution >= 4 is 22.6 Å². The molecule has 54 valence electrons. The van der Waals surface area contributed by atoms with E-state index in [-0.39, 0.29) is 0 Å². The van der Waals surface area contributed by atoms with Crippen LogP contribution in [0.4, 0.5) is 9.93 Å². The van der Waals surface area contributed by atoms with Gasteiger partial charge in [0.15, 0.2) is 5.13 Å². The highest BCUT2D eigenvalue weighted by atomic mass is 32.1. The normalized spacial score (nSPS) is 9.30. The summed E-state index contributed by atoms with van der Waals surface area (Å²) in [5.74, 6) is 0. The molecule has 0 fully saturated rings. The van der Waals surface area contributed by atoms with Gasteiger partial charge < -0.3 is 5.11 Å². The molecule has 4 nitrogen and oxygen atoms in total. The quantitative estimate of drug-likeness (QED) is 0.669. The molecule has 0 saturated heterocycles. The van der Waals surface area contributed by atoms with Crippen molar-refractivity contribution < 1.29 is 9.90 Å². The second-order valence-corrected chi connectivity index (χ2v) is 2.53. The number of aromatic nitrogens is 1. The predicted molar refractivity (Wildman–Crippen MR) is 38.5 cm³/mol. The van der Waals surface area contributed by atoms with E-state index >= 15 is 0 Å². The van der Waals surface area contributed by atoms with Crippen molar-refractivity contribution in [2.24, 2.45) is 0 Å². The first-order valence-corrected chi connectivity index (χ1v) is 3.46. The van der Waals surface area contributed by atoms with Gasteiger partial charge >= 0.3 is 6.09 Å². The first-order chi connectivity index (χ1) is 4.72. The van der Waals surface area contributed by atoms with Crippen LogP contribution in [0.1, 0.15) is 0 Å². The van der Waals surface area contributed by atoms with Crippen LogP contribution < -0.4 is 4.90 Å². The number of rotatable bonds is 1. The van der Waals surface area contributed by atoms with Crippen molar-refractivity contribution in [1.29, 1.82) is 0 Å². The zero-order chi connectivity index (χ0) is 7.56. The summed E-state index contributed by atoms with van der Waals surface area (Å²) in [6.45, 7) is 0. The molecule has 1 amide bonds. The molecule has 0 atom stereocenters. The Morgan fingerprint density at radius 3 is 3.00 bits per heavy atom. The fourth-order valence-corrected chi connectivity index (χ4v) is 1.06. The Kier molecular flexibility index (Phi) is 1.86. The maximum Gasteiger partial charge on any atom is 0.413 e. The summed E-state index contributed by atoms with van der Waals surface area (Å²) in [4.78, 5) is 15.2. The Morgan fingerprint density at radius 1 is 1.90 bits per heavy atom. The van der Waals surface area contributed by atoms with Gasteiger partial charge in [0.25, 0.3) is 0 Å². The Labute approximate surface area is 61.7 Å². The lowest BCUT2D eigenvalue weighted by Crippen LogP contribution is -2.23. The zero-order valence-electron chi connectivity index (χ0n) is 5.31. The number of amides is 1. The average molecular weight is 158 g/mol. The molecule has 0 saturated carbocycles. The second kappa shape index (κ2) is 2.66. The number of hydrogen-bond acceptors (Lipinski definition) is 3. The van der Waals surface area contributed by atoms with Crippen LogP contribution in [0.3, 0.4) is 0 Å². The van der Waals surface area contributed by atoms with Gasteiger partial charge in [-0.1, -0.05) is 0 Å². The van der Waals surface area contributed by atoms with Gasteiger partial charge in [0.1, 0.15) is 0 Å². The molecule has 0 bridgehead atoms. The van der Waals surface area contributed by atoms with Gasteiger partial charge in [0.05, 0.1) is 0 Å². The van der Waals surface area contributed by atoms with Gasteiger partial charge in [-0.3, -0.25) is 4.90 Å². The monoisotopic (exact) mass is 158 g/mol. The lowest BCUT2D eigenvalue weighted by Gasteiger charge is -2.06. The van der Waals surface area contributed by atoms with E-state index in [1.165, 1.54) is 18.4 Å². The average Bonchev–Trinajstić information content (AvgIpc) is 2.36. The fourth-order valence-electron chi connectivity index (χ4n) is 0.463. The number of thiazole rings is 1. The van der Waals surface area contributed by atoms with E-state index in [0.717, 1.165) is 4.90 Å². The summed E-state index contributed by atoms with van der Waals surface area (Å²) < 4.78 is 0. The Bertz CT molecular complexity index is 222. The van der Waals surface area contributed by atoms with Crippen molar-refractivity contribution in [3.05, 3.63) is 11.6 Å². The van der Waals surface area contributed by atoms with E-state index in [9.17, 15) is 4.79 Å². The summed E-state index contributed by atoms with van der Waals surface area (Å²) in [7, 11) is 1.46. The van der Waals surface area contributed by atoms with E-state index < -0.39 is 6.09 Å². The lowest BCUT2D eigenvalue weighted by atomic mass is 10.8. The molecule has 1 rings (SSSR count). The van der Waals surface area contributed by atoms with Crippen molar-refractivity contribution in [2.75, 3.05) is 11.9 Å². The molecule has 0 spiro atoms. The highest BCUT2D eigenvalue weighted by molar-refractivity contribution is 7.13. The lowest BCUT2D eigenvalue weighted by molar-refractivity contribution is 0.203. The fraction of sp³-hybridized carbons (Fsp3) is 0.200. The minimum absolute atomic E-state index is 0.493. The minimum atomic E-state index is -0.991. The van der Waals surface area contributed by atoms with E-state index in [2.05, 4.69) is 4.98 Å². The number of anilines is 1. The smallest absolute Gasteiger partial charge is 0.413 e. The first-order valence-electron chi connectivity index (χ1n) is 2.58. The van der Waals surface area contributed by atoms with Crippen LogP contribution in [-0.4, -0.2) is 23.2 Å². The molecule has 0 aliphatic rings. The molecule has 1 heterocycles. The maximum absolute atomic E-state index is 10.3. The van der Waals surface area contributed by atoms with Crippen molar-refractivity contribution in [2.45, 2.75) is 0 Å². The predicted octanol–water partition coefficient (Wildman–Crippen LogP) is 1.26. The van der Waals surface area contributed by atoms with Crippen LogP contribution in [0.15, 0.2) is 11.6 Å². The van der Waals surface area contributed by atoms with Gasteiger partial charge in [-0.2, -0.15) is 0 Å². The third-order valence-corrected chi connectivity index (χ3v) is 1.84. The molecule has 0 aromatic carbocycles. The van der Waals surface area contributed by atoms with Crippen molar-refractivity contribution in [1.82, 2.24) is 4.98 Å². The third-order valence-electron chi connectivity index (χ3n) is 0.993. The molecule has 0 aliphatic heterocycles. The first kappa shape index (κ1) is 7.01. The van der Waals surface area contributed by atoms with Crippen LogP contribution in [-0.2, 0) is 0 Å².